The zero-order chi connectivity index (χ0) is 30.7. The number of carbonyl (C=O) groups excluding carboxylic acids is 2. The first kappa shape index (κ1) is 34.4. The van der Waals surface area contributed by atoms with Crippen LogP contribution in [-0.4, -0.2) is 88.9 Å². The van der Waals surface area contributed by atoms with Crippen LogP contribution in [0.15, 0.2) is 39.4 Å². The van der Waals surface area contributed by atoms with Gasteiger partial charge in [0.2, 0.25) is 11.8 Å². The van der Waals surface area contributed by atoms with E-state index < -0.39 is 47.3 Å². The minimum Gasteiger partial charge on any atom is -0.353 e. The predicted octanol–water partition coefficient (Wildman–Crippen LogP) is 3.79. The van der Waals surface area contributed by atoms with E-state index in [0.29, 0.717) is 31.4 Å². The van der Waals surface area contributed by atoms with Gasteiger partial charge in [-0.25, -0.2) is 10.1 Å². The molecule has 0 aliphatic carbocycles. The first-order valence-corrected chi connectivity index (χ1v) is 12.6. The summed E-state index contributed by atoms with van der Waals surface area (Å²) in [4.78, 5) is 44.7. The number of hydrogen-bond donors (Lipinski definition) is 1. The molecule has 1 fully saturated rings. The monoisotopic (exact) mass is 580 g/mol. The Morgan fingerprint density at radius 1 is 1.10 bits per heavy atom. The lowest BCUT2D eigenvalue weighted by Gasteiger charge is -2.36. The molecule has 40 heavy (non-hydrogen) atoms. The molecule has 0 radical (unpaired) electrons. The van der Waals surface area contributed by atoms with Crippen LogP contribution >= 0.6 is 0 Å². The number of hydrogen-bond acceptors (Lipinski definition) is 6. The zero-order valence-electron chi connectivity index (χ0n) is 23.0. The fourth-order valence-electron chi connectivity index (χ4n) is 3.51. The van der Waals surface area contributed by atoms with Gasteiger partial charge in [-0.15, -0.1) is 0 Å². The second-order valence-electron chi connectivity index (χ2n) is 8.36. The topological polar surface area (TPSA) is 102 Å². The molecule has 0 spiro atoms. The second kappa shape index (κ2) is 15.2. The van der Waals surface area contributed by atoms with Crippen molar-refractivity contribution in [3.8, 4) is 0 Å². The molecule has 0 unspecified atom stereocenters. The van der Waals surface area contributed by atoms with Crippen LogP contribution in [0.1, 0.15) is 45.4 Å². The van der Waals surface area contributed by atoms with Crippen molar-refractivity contribution in [2.24, 2.45) is 4.99 Å². The summed E-state index contributed by atoms with van der Waals surface area (Å²) in [5.41, 5.74) is -4.10. The Morgan fingerprint density at radius 3 is 2.17 bits per heavy atom. The number of H-pyrrole nitrogens is 1. The van der Waals surface area contributed by atoms with Crippen LogP contribution in [0.3, 0.4) is 0 Å². The Labute approximate surface area is 228 Å². The smallest absolute Gasteiger partial charge is 0.353 e. The van der Waals surface area contributed by atoms with E-state index in [-0.39, 0.29) is 25.3 Å². The van der Waals surface area contributed by atoms with E-state index in [4.69, 9.17) is 0 Å². The summed E-state index contributed by atoms with van der Waals surface area (Å²) in [6, 6.07) is 0.490. The van der Waals surface area contributed by atoms with Crippen LogP contribution in [0.4, 0.5) is 26.3 Å². The third kappa shape index (κ3) is 10.2. The van der Waals surface area contributed by atoms with Crippen LogP contribution < -0.4 is 5.56 Å². The van der Waals surface area contributed by atoms with Gasteiger partial charge in [0.05, 0.1) is 24.2 Å². The molecule has 0 atom stereocenters. The minimum absolute atomic E-state index is 0.226. The third-order valence-electron chi connectivity index (χ3n) is 5.61. The fourth-order valence-corrected chi connectivity index (χ4v) is 3.51. The van der Waals surface area contributed by atoms with Crippen molar-refractivity contribution < 1.29 is 35.9 Å². The highest BCUT2D eigenvalue weighted by Gasteiger charge is 2.35. The summed E-state index contributed by atoms with van der Waals surface area (Å²) in [6.45, 7) is 7.78. The normalized spacial score (nSPS) is 15.2. The summed E-state index contributed by atoms with van der Waals surface area (Å²) >= 11 is 0. The molecule has 2 amide bonds. The van der Waals surface area contributed by atoms with Gasteiger partial charge in [-0.1, -0.05) is 26.8 Å². The maximum Gasteiger partial charge on any atom is 0.421 e. The fraction of sp³-hybridized carbons (Fsp3) is 0.560. The number of allylic oxidation sites excluding steroid dienone is 3. The highest BCUT2D eigenvalue weighted by Crippen LogP contribution is 2.26. The Balaban J connectivity index is 0.00000391. The number of aromatic nitrogens is 2. The summed E-state index contributed by atoms with van der Waals surface area (Å²) in [6.07, 6.45) is -6.11. The van der Waals surface area contributed by atoms with Crippen molar-refractivity contribution in [3.63, 3.8) is 0 Å². The molecule has 0 aromatic carbocycles. The van der Waals surface area contributed by atoms with Crippen LogP contribution in [0.2, 0.25) is 0 Å². The van der Waals surface area contributed by atoms with Crippen LogP contribution in [-0.2, 0) is 22.2 Å². The summed E-state index contributed by atoms with van der Waals surface area (Å²) in [7, 11) is 1.31. The summed E-state index contributed by atoms with van der Waals surface area (Å²) in [5.74, 6) is -0.748. The van der Waals surface area contributed by atoms with E-state index in [0.717, 1.165) is 17.2 Å². The van der Waals surface area contributed by atoms with Gasteiger partial charge in [0.15, 0.2) is 0 Å². The third-order valence-corrected chi connectivity index (χ3v) is 5.61. The highest BCUT2D eigenvalue weighted by molar-refractivity contribution is 5.85. The molecular formula is C25H34F6N6O3. The maximum absolute atomic E-state index is 13.0. The van der Waals surface area contributed by atoms with Crippen molar-refractivity contribution >= 4 is 18.0 Å². The molecule has 15 heteroatoms. The molecule has 1 aliphatic rings. The number of nitrogens with one attached hydrogen (secondary N) is 1. The molecule has 2 rings (SSSR count). The second-order valence-corrected chi connectivity index (χ2v) is 8.36. The van der Waals surface area contributed by atoms with Gasteiger partial charge >= 0.3 is 12.4 Å². The molecule has 9 nitrogen and oxygen atoms in total. The maximum atomic E-state index is 13.0. The molecule has 1 aromatic heterocycles. The summed E-state index contributed by atoms with van der Waals surface area (Å²) < 4.78 is 77.7. The van der Waals surface area contributed by atoms with E-state index in [2.05, 4.69) is 10.1 Å². The van der Waals surface area contributed by atoms with Gasteiger partial charge in [0.25, 0.3) is 5.56 Å². The molecule has 1 saturated heterocycles. The Morgan fingerprint density at radius 2 is 1.68 bits per heavy atom. The minimum atomic E-state index is -4.91. The molecule has 0 saturated carbocycles. The van der Waals surface area contributed by atoms with Crippen molar-refractivity contribution in [3.05, 3.63) is 51.2 Å². The van der Waals surface area contributed by atoms with E-state index in [9.17, 15) is 40.7 Å². The first-order valence-electron chi connectivity index (χ1n) is 12.6. The van der Waals surface area contributed by atoms with Crippen LogP contribution in [0, 0.1) is 0 Å². The van der Waals surface area contributed by atoms with E-state index in [1.54, 1.807) is 16.1 Å². The standard InChI is InChI=1S/C23H28F6N6O3.C2H6/c1-4-6-18(30-13-15(5-2)22(24,25)26)34-7-9-35(10-8-34)20(37)14-33(3)19(36)12-16-11-17(23(27,28)29)21(38)32-31-16;1-2/h5-6,11,13H,4,7-10,12,14H2,1-3H3,(H,32,38);1-2H3/b15-5+,18-6-,30-13-;. The quantitative estimate of drug-likeness (QED) is 0.373. The number of rotatable bonds is 8. The Hall–Kier alpha value is -3.65. The first-order chi connectivity index (χ1) is 18.7. The largest absolute Gasteiger partial charge is 0.421 e. The number of carbonyl (C=O) groups is 2. The average molecular weight is 581 g/mol. The highest BCUT2D eigenvalue weighted by atomic mass is 19.4. The van der Waals surface area contributed by atoms with Gasteiger partial charge in [-0.05, 0) is 25.5 Å². The average Bonchev–Trinajstić information content (AvgIpc) is 2.89. The van der Waals surface area contributed by atoms with Gasteiger partial charge in [-0.2, -0.15) is 31.4 Å². The number of piperazine rings is 1. The molecule has 1 N–H and O–H groups in total. The van der Waals surface area contributed by atoms with Crippen molar-refractivity contribution in [1.82, 2.24) is 24.9 Å². The van der Waals surface area contributed by atoms with Gasteiger partial charge in [-0.3, -0.25) is 14.4 Å². The van der Waals surface area contributed by atoms with Crippen LogP contribution in [0.25, 0.3) is 0 Å². The molecule has 224 valence electrons. The number of amides is 2. The lowest BCUT2D eigenvalue weighted by Crippen LogP contribution is -2.51. The summed E-state index contributed by atoms with van der Waals surface area (Å²) in [5, 5.41) is 5.17. The number of nitrogens with zero attached hydrogens (tertiary/aromatic N) is 5. The molecule has 0 bridgehead atoms. The van der Waals surface area contributed by atoms with Gasteiger partial charge in [0, 0.05) is 39.4 Å². The van der Waals surface area contributed by atoms with Crippen LogP contribution in [0.5, 0.6) is 0 Å². The predicted molar refractivity (Wildman–Crippen MR) is 137 cm³/mol. The molecule has 1 aliphatic heterocycles. The number of likely N-dealkylation sites (N-methyl/N-ethyl adjacent to an activating group) is 1. The zero-order valence-corrected chi connectivity index (χ0v) is 23.0. The molecule has 1 aromatic rings. The number of alkyl halides is 6. The van der Waals surface area contributed by atoms with Crippen molar-refractivity contribution in [1.29, 1.82) is 0 Å². The van der Waals surface area contributed by atoms with Gasteiger partial charge in [0.1, 0.15) is 11.4 Å². The molecular weight excluding hydrogens is 546 g/mol. The lowest BCUT2D eigenvalue weighted by molar-refractivity contribution is -0.140. The SMILES string of the molecule is CC.C\C=C(/C=N\C(=C\CC)N1CCN(C(=O)CN(C)C(=O)Cc2cc(C(F)(F)F)c(=O)[nH]n2)CC1)C(F)(F)F. The van der Waals surface area contributed by atoms with E-state index in [1.807, 2.05) is 20.8 Å². The van der Waals surface area contributed by atoms with Crippen molar-refractivity contribution in [2.75, 3.05) is 39.8 Å². The number of halogens is 6. The number of aliphatic imine (C=N–C) groups is 1. The number of aromatic amines is 1. The van der Waals surface area contributed by atoms with E-state index >= 15 is 0 Å². The molecule has 2 heterocycles. The lowest BCUT2D eigenvalue weighted by atomic mass is 10.2. The van der Waals surface area contributed by atoms with Crippen molar-refractivity contribution in [2.45, 2.75) is 52.9 Å². The van der Waals surface area contributed by atoms with E-state index in [1.165, 1.54) is 18.9 Å². The Kier molecular flexibility index (Phi) is 13.1. The Bertz CT molecular complexity index is 1150. The van der Waals surface area contributed by atoms with Gasteiger partial charge < -0.3 is 14.7 Å².